The zero-order chi connectivity index (χ0) is 13.2. The first kappa shape index (κ1) is 12.4. The summed E-state index contributed by atoms with van der Waals surface area (Å²) in [6.07, 6.45) is 2.14. The van der Waals surface area contributed by atoms with Crippen molar-refractivity contribution < 1.29 is 9.21 Å². The Hall–Kier alpha value is -1.68. The molecule has 1 amide bonds. The van der Waals surface area contributed by atoms with Crippen molar-refractivity contribution in [2.24, 2.45) is 0 Å². The number of rotatable bonds is 3. The van der Waals surface area contributed by atoms with E-state index in [0.717, 1.165) is 11.3 Å². The molecule has 0 aliphatic carbocycles. The van der Waals surface area contributed by atoms with Crippen LogP contribution in [0.25, 0.3) is 0 Å². The fourth-order valence-electron chi connectivity index (χ4n) is 2.54. The molecule has 2 unspecified atom stereocenters. The number of likely N-dealkylation sites (tertiary alicyclic amines) is 1. The SMILES string of the molecule is O=C1CC(S)CN1C(c1ccccc1)c1ccco1. The number of carbonyl (C=O) groups is 1. The van der Waals surface area contributed by atoms with Crippen LogP contribution in [0.1, 0.15) is 23.8 Å². The second-order valence-corrected chi connectivity index (χ2v) is 5.46. The Morgan fingerprint density at radius 2 is 2.00 bits per heavy atom. The van der Waals surface area contributed by atoms with E-state index in [1.807, 2.05) is 47.4 Å². The Bertz CT molecular complexity index is 553. The first-order valence-electron chi connectivity index (χ1n) is 6.31. The molecule has 1 aromatic carbocycles. The summed E-state index contributed by atoms with van der Waals surface area (Å²) in [5.41, 5.74) is 1.06. The predicted octanol–water partition coefficient (Wildman–Crippen LogP) is 2.90. The van der Waals surface area contributed by atoms with Gasteiger partial charge >= 0.3 is 0 Å². The molecule has 2 heterocycles. The van der Waals surface area contributed by atoms with Gasteiger partial charge in [-0.2, -0.15) is 12.6 Å². The van der Waals surface area contributed by atoms with Crippen LogP contribution in [0.2, 0.25) is 0 Å². The lowest BCUT2D eigenvalue weighted by Crippen LogP contribution is -2.31. The number of furan rings is 1. The molecule has 0 saturated carbocycles. The van der Waals surface area contributed by atoms with Gasteiger partial charge in [-0.25, -0.2) is 0 Å². The van der Waals surface area contributed by atoms with Gasteiger partial charge in [0.2, 0.25) is 5.91 Å². The molecule has 0 spiro atoms. The van der Waals surface area contributed by atoms with E-state index in [-0.39, 0.29) is 17.2 Å². The average Bonchev–Trinajstić information content (AvgIpc) is 3.03. The summed E-state index contributed by atoms with van der Waals surface area (Å²) < 4.78 is 5.53. The summed E-state index contributed by atoms with van der Waals surface area (Å²) in [5, 5.41) is 0.105. The van der Waals surface area contributed by atoms with Crippen molar-refractivity contribution >= 4 is 18.5 Å². The summed E-state index contributed by atoms with van der Waals surface area (Å²) in [5.74, 6) is 0.923. The lowest BCUT2D eigenvalue weighted by molar-refractivity contribution is -0.129. The Labute approximate surface area is 117 Å². The number of carbonyl (C=O) groups excluding carboxylic acids is 1. The minimum Gasteiger partial charge on any atom is -0.467 e. The number of benzene rings is 1. The van der Waals surface area contributed by atoms with Gasteiger partial charge in [-0.3, -0.25) is 4.79 Å². The zero-order valence-electron chi connectivity index (χ0n) is 10.4. The maximum absolute atomic E-state index is 12.1. The highest BCUT2D eigenvalue weighted by atomic mass is 32.1. The van der Waals surface area contributed by atoms with Crippen LogP contribution in [-0.2, 0) is 4.79 Å². The topological polar surface area (TPSA) is 33.5 Å². The van der Waals surface area contributed by atoms with Gasteiger partial charge in [0, 0.05) is 18.2 Å². The van der Waals surface area contributed by atoms with Crippen LogP contribution in [0, 0.1) is 0 Å². The number of thiol groups is 1. The average molecular weight is 273 g/mol. The molecule has 1 saturated heterocycles. The summed E-state index contributed by atoms with van der Waals surface area (Å²) in [4.78, 5) is 14.0. The maximum Gasteiger partial charge on any atom is 0.224 e. The normalized spacial score (nSPS) is 20.8. The molecule has 0 N–H and O–H groups in total. The van der Waals surface area contributed by atoms with Crippen molar-refractivity contribution in [2.45, 2.75) is 17.7 Å². The molecule has 1 aliphatic heterocycles. The molecule has 3 rings (SSSR count). The van der Waals surface area contributed by atoms with Gasteiger partial charge in [0.05, 0.1) is 6.26 Å². The molecule has 2 atom stereocenters. The van der Waals surface area contributed by atoms with Gasteiger partial charge in [-0.05, 0) is 17.7 Å². The van der Waals surface area contributed by atoms with Crippen molar-refractivity contribution in [3.05, 3.63) is 60.1 Å². The van der Waals surface area contributed by atoms with Gasteiger partial charge < -0.3 is 9.32 Å². The van der Waals surface area contributed by atoms with E-state index < -0.39 is 0 Å². The van der Waals surface area contributed by atoms with Crippen LogP contribution in [0.15, 0.2) is 53.1 Å². The minimum absolute atomic E-state index is 0.105. The third-order valence-corrected chi connectivity index (χ3v) is 3.72. The van der Waals surface area contributed by atoms with Crippen LogP contribution in [0.5, 0.6) is 0 Å². The molecular formula is C15H15NO2S. The predicted molar refractivity (Wildman–Crippen MR) is 76.1 cm³/mol. The first-order valence-corrected chi connectivity index (χ1v) is 6.83. The largest absolute Gasteiger partial charge is 0.467 e. The zero-order valence-corrected chi connectivity index (χ0v) is 11.3. The highest BCUT2D eigenvalue weighted by Crippen LogP contribution is 2.33. The molecule has 1 aliphatic rings. The highest BCUT2D eigenvalue weighted by molar-refractivity contribution is 7.81. The third-order valence-electron chi connectivity index (χ3n) is 3.38. The van der Waals surface area contributed by atoms with E-state index in [9.17, 15) is 4.79 Å². The standard InChI is InChI=1S/C15H15NO2S/c17-14-9-12(19)10-16(14)15(13-7-4-8-18-13)11-5-2-1-3-6-11/h1-8,12,15,19H,9-10H2. The Kier molecular flexibility index (Phi) is 3.34. The van der Waals surface area contributed by atoms with Gasteiger partial charge in [-0.1, -0.05) is 30.3 Å². The molecule has 0 radical (unpaired) electrons. The fourth-order valence-corrected chi connectivity index (χ4v) is 2.87. The Morgan fingerprint density at radius 1 is 1.21 bits per heavy atom. The summed E-state index contributed by atoms with van der Waals surface area (Å²) in [6, 6.07) is 13.6. The minimum atomic E-state index is -0.152. The summed E-state index contributed by atoms with van der Waals surface area (Å²) in [6.45, 7) is 0.655. The highest BCUT2D eigenvalue weighted by Gasteiger charge is 2.35. The van der Waals surface area contributed by atoms with Gasteiger partial charge in [0.1, 0.15) is 11.8 Å². The third kappa shape index (κ3) is 2.40. The van der Waals surface area contributed by atoms with E-state index in [2.05, 4.69) is 12.6 Å². The first-order chi connectivity index (χ1) is 9.25. The number of amides is 1. The number of nitrogens with zero attached hydrogens (tertiary/aromatic N) is 1. The monoisotopic (exact) mass is 273 g/mol. The van der Waals surface area contributed by atoms with Crippen molar-refractivity contribution in [1.29, 1.82) is 0 Å². The van der Waals surface area contributed by atoms with E-state index in [1.165, 1.54) is 0 Å². The lowest BCUT2D eigenvalue weighted by atomic mass is 10.0. The van der Waals surface area contributed by atoms with E-state index in [0.29, 0.717) is 13.0 Å². The van der Waals surface area contributed by atoms with Crippen LogP contribution in [0.3, 0.4) is 0 Å². The van der Waals surface area contributed by atoms with Gasteiger partial charge in [0.25, 0.3) is 0 Å². The molecular weight excluding hydrogens is 258 g/mol. The smallest absolute Gasteiger partial charge is 0.224 e. The molecule has 2 aromatic rings. The Balaban J connectivity index is 2.00. The Morgan fingerprint density at radius 3 is 2.58 bits per heavy atom. The number of hydrogen-bond acceptors (Lipinski definition) is 3. The molecule has 3 nitrogen and oxygen atoms in total. The van der Waals surface area contributed by atoms with Crippen molar-refractivity contribution in [1.82, 2.24) is 4.90 Å². The second kappa shape index (κ2) is 5.13. The van der Waals surface area contributed by atoms with Crippen LogP contribution in [-0.4, -0.2) is 22.6 Å². The van der Waals surface area contributed by atoms with Crippen molar-refractivity contribution in [2.75, 3.05) is 6.54 Å². The molecule has 98 valence electrons. The lowest BCUT2D eigenvalue weighted by Gasteiger charge is -2.26. The van der Waals surface area contributed by atoms with E-state index >= 15 is 0 Å². The van der Waals surface area contributed by atoms with Crippen molar-refractivity contribution in [3.8, 4) is 0 Å². The molecule has 1 aromatic heterocycles. The van der Waals surface area contributed by atoms with Gasteiger partial charge in [-0.15, -0.1) is 0 Å². The van der Waals surface area contributed by atoms with Gasteiger partial charge in [0.15, 0.2) is 0 Å². The molecule has 0 bridgehead atoms. The van der Waals surface area contributed by atoms with E-state index in [1.54, 1.807) is 6.26 Å². The molecule has 4 heteroatoms. The summed E-state index contributed by atoms with van der Waals surface area (Å²) >= 11 is 4.42. The van der Waals surface area contributed by atoms with Crippen LogP contribution < -0.4 is 0 Å². The fraction of sp³-hybridized carbons (Fsp3) is 0.267. The second-order valence-electron chi connectivity index (χ2n) is 4.73. The quantitative estimate of drug-likeness (QED) is 0.872. The van der Waals surface area contributed by atoms with E-state index in [4.69, 9.17) is 4.42 Å². The maximum atomic E-state index is 12.1. The van der Waals surface area contributed by atoms with Crippen molar-refractivity contribution in [3.63, 3.8) is 0 Å². The van der Waals surface area contributed by atoms with Crippen LogP contribution in [0.4, 0.5) is 0 Å². The molecule has 1 fully saturated rings. The number of hydrogen-bond donors (Lipinski definition) is 1. The summed E-state index contributed by atoms with van der Waals surface area (Å²) in [7, 11) is 0. The molecule has 19 heavy (non-hydrogen) atoms. The van der Waals surface area contributed by atoms with Crippen LogP contribution >= 0.6 is 12.6 Å².